The van der Waals surface area contributed by atoms with Crippen LogP contribution >= 0.6 is 15.9 Å². The third kappa shape index (κ3) is 3.00. The van der Waals surface area contributed by atoms with Crippen molar-refractivity contribution < 1.29 is 18.0 Å². The second-order valence-corrected chi connectivity index (χ2v) is 6.47. The molecule has 0 N–H and O–H groups in total. The van der Waals surface area contributed by atoms with Gasteiger partial charge in [-0.3, -0.25) is 4.79 Å². The monoisotopic (exact) mass is 349 g/mol. The lowest BCUT2D eigenvalue weighted by molar-refractivity contribution is 0.0685. The van der Waals surface area contributed by atoms with Gasteiger partial charge >= 0.3 is 0 Å². The van der Waals surface area contributed by atoms with Gasteiger partial charge in [0.05, 0.1) is 5.56 Å². The van der Waals surface area contributed by atoms with Gasteiger partial charge in [-0.15, -0.1) is 0 Å². The zero-order chi connectivity index (χ0) is 14.9. The van der Waals surface area contributed by atoms with E-state index in [1.165, 1.54) is 4.90 Å². The zero-order valence-electron chi connectivity index (χ0n) is 11.0. The highest BCUT2D eigenvalue weighted by atomic mass is 79.9. The Morgan fingerprint density at radius 2 is 1.85 bits per heavy atom. The third-order valence-corrected chi connectivity index (χ3v) is 4.49. The highest BCUT2D eigenvalue weighted by Crippen LogP contribution is 2.26. The van der Waals surface area contributed by atoms with Crippen molar-refractivity contribution in [1.29, 1.82) is 0 Å². The number of carbonyl (C=O) groups excluding carboxylic acids is 1. The topological polar surface area (TPSA) is 20.3 Å². The third-order valence-electron chi connectivity index (χ3n) is 3.74. The molecule has 2 nitrogen and oxygen atoms in total. The van der Waals surface area contributed by atoms with Crippen LogP contribution in [0.2, 0.25) is 0 Å². The maximum Gasteiger partial charge on any atom is 0.256 e. The minimum Gasteiger partial charge on any atom is -0.339 e. The van der Waals surface area contributed by atoms with E-state index in [0.29, 0.717) is 23.8 Å². The highest BCUT2D eigenvalue weighted by molar-refractivity contribution is 9.09. The zero-order valence-corrected chi connectivity index (χ0v) is 12.6. The first-order valence-corrected chi connectivity index (χ1v) is 7.40. The molecule has 1 aliphatic rings. The van der Waals surface area contributed by atoms with Crippen LogP contribution in [0.1, 0.15) is 30.1 Å². The Morgan fingerprint density at radius 3 is 2.40 bits per heavy atom. The average molecular weight is 350 g/mol. The Hall–Kier alpha value is -1.04. The van der Waals surface area contributed by atoms with E-state index in [9.17, 15) is 18.0 Å². The minimum atomic E-state index is -1.60. The van der Waals surface area contributed by atoms with E-state index < -0.39 is 28.9 Å². The lowest BCUT2D eigenvalue weighted by atomic mass is 9.94. The second-order valence-electron chi connectivity index (χ2n) is 5.03. The van der Waals surface area contributed by atoms with Crippen molar-refractivity contribution in [1.82, 2.24) is 4.90 Å². The van der Waals surface area contributed by atoms with E-state index in [1.54, 1.807) is 0 Å². The summed E-state index contributed by atoms with van der Waals surface area (Å²) in [6.45, 7) is 3.05. The molecule has 1 aromatic carbocycles. The van der Waals surface area contributed by atoms with Crippen molar-refractivity contribution in [2.45, 2.75) is 24.6 Å². The van der Waals surface area contributed by atoms with Crippen LogP contribution in [0.15, 0.2) is 12.1 Å². The molecular formula is C14H15BrF3NO. The lowest BCUT2D eigenvalue weighted by Gasteiger charge is -2.33. The molecule has 0 aromatic heterocycles. The predicted molar refractivity (Wildman–Crippen MR) is 73.3 cm³/mol. The smallest absolute Gasteiger partial charge is 0.256 e. The Balaban J connectivity index is 2.12. The molecule has 110 valence electrons. The summed E-state index contributed by atoms with van der Waals surface area (Å²) < 4.78 is 39.6. The van der Waals surface area contributed by atoms with Crippen LogP contribution in [0.3, 0.4) is 0 Å². The number of likely N-dealkylation sites (tertiary alicyclic amines) is 1. The largest absolute Gasteiger partial charge is 0.339 e. The first-order valence-electron chi connectivity index (χ1n) is 6.48. The molecule has 1 atom stereocenters. The van der Waals surface area contributed by atoms with Gasteiger partial charge in [0.25, 0.3) is 5.91 Å². The van der Waals surface area contributed by atoms with Crippen LogP contribution in [-0.2, 0) is 0 Å². The van der Waals surface area contributed by atoms with Crippen molar-refractivity contribution in [3.05, 3.63) is 35.1 Å². The van der Waals surface area contributed by atoms with Crippen molar-refractivity contribution in [3.8, 4) is 0 Å². The van der Waals surface area contributed by atoms with Gasteiger partial charge in [0.1, 0.15) is 0 Å². The van der Waals surface area contributed by atoms with Crippen LogP contribution in [0.25, 0.3) is 0 Å². The number of hydrogen-bond acceptors (Lipinski definition) is 1. The first kappa shape index (κ1) is 15.4. The van der Waals surface area contributed by atoms with Gasteiger partial charge in [-0.2, -0.15) is 0 Å². The number of carbonyl (C=O) groups is 1. The Labute approximate surface area is 124 Å². The van der Waals surface area contributed by atoms with Crippen molar-refractivity contribution in [2.24, 2.45) is 5.92 Å². The van der Waals surface area contributed by atoms with Gasteiger partial charge in [-0.1, -0.05) is 22.9 Å². The number of hydrogen-bond donors (Lipinski definition) is 0. The van der Waals surface area contributed by atoms with Crippen LogP contribution in [0, 0.1) is 23.4 Å². The molecule has 0 spiro atoms. The molecule has 20 heavy (non-hydrogen) atoms. The summed E-state index contributed by atoms with van der Waals surface area (Å²) >= 11 is 3.51. The molecule has 1 heterocycles. The Morgan fingerprint density at radius 1 is 1.25 bits per heavy atom. The van der Waals surface area contributed by atoms with Gasteiger partial charge in [0.2, 0.25) is 0 Å². The molecule has 6 heteroatoms. The average Bonchev–Trinajstić information content (AvgIpc) is 2.44. The van der Waals surface area contributed by atoms with Gasteiger partial charge < -0.3 is 4.90 Å². The van der Waals surface area contributed by atoms with Crippen LogP contribution in [-0.4, -0.2) is 28.7 Å². The van der Waals surface area contributed by atoms with Gasteiger partial charge in [0.15, 0.2) is 17.5 Å². The first-order chi connectivity index (χ1) is 9.41. The molecule has 1 fully saturated rings. The maximum absolute atomic E-state index is 13.6. The lowest BCUT2D eigenvalue weighted by Crippen LogP contribution is -2.40. The van der Waals surface area contributed by atoms with Gasteiger partial charge in [-0.25, -0.2) is 13.2 Å². The van der Waals surface area contributed by atoms with E-state index in [-0.39, 0.29) is 0 Å². The molecule has 1 unspecified atom stereocenters. The summed E-state index contributed by atoms with van der Waals surface area (Å²) in [5.41, 5.74) is -0.408. The number of alkyl halides is 1. The van der Waals surface area contributed by atoms with E-state index in [0.717, 1.165) is 25.0 Å². The van der Waals surface area contributed by atoms with Crippen molar-refractivity contribution in [3.63, 3.8) is 0 Å². The molecule has 0 aliphatic carbocycles. The fourth-order valence-corrected chi connectivity index (χ4v) is 2.95. The second kappa shape index (κ2) is 6.16. The molecule has 2 rings (SSSR count). The predicted octanol–water partition coefficient (Wildman–Crippen LogP) is 3.74. The standard InChI is InChI=1S/C14H15BrF3NO/c1-8(15)9-4-6-19(7-5-9)14(20)10-2-3-11(16)13(18)12(10)17/h2-3,8-9H,4-7H2,1H3. The maximum atomic E-state index is 13.6. The normalized spacial score (nSPS) is 18.1. The molecule has 1 saturated heterocycles. The molecule has 0 radical (unpaired) electrons. The van der Waals surface area contributed by atoms with E-state index >= 15 is 0 Å². The van der Waals surface area contributed by atoms with Gasteiger partial charge in [-0.05, 0) is 30.9 Å². The number of benzene rings is 1. The van der Waals surface area contributed by atoms with Crippen LogP contribution in [0.5, 0.6) is 0 Å². The fraction of sp³-hybridized carbons (Fsp3) is 0.500. The number of halogens is 4. The van der Waals surface area contributed by atoms with Gasteiger partial charge in [0, 0.05) is 17.9 Å². The van der Waals surface area contributed by atoms with Crippen molar-refractivity contribution >= 4 is 21.8 Å². The number of rotatable bonds is 2. The summed E-state index contributed by atoms with van der Waals surface area (Å²) in [5.74, 6) is -4.41. The summed E-state index contributed by atoms with van der Waals surface area (Å²) in [6.07, 6.45) is 1.62. The molecule has 1 aliphatic heterocycles. The van der Waals surface area contributed by atoms with Crippen LogP contribution < -0.4 is 0 Å². The van der Waals surface area contributed by atoms with E-state index in [4.69, 9.17) is 0 Å². The number of nitrogens with zero attached hydrogens (tertiary/aromatic N) is 1. The van der Waals surface area contributed by atoms with E-state index in [1.807, 2.05) is 0 Å². The summed E-state index contributed by atoms with van der Waals surface area (Å²) in [6, 6.07) is 1.77. The summed E-state index contributed by atoms with van der Waals surface area (Å²) in [7, 11) is 0. The molecule has 1 aromatic rings. The number of amides is 1. The molecule has 0 bridgehead atoms. The Bertz CT molecular complexity index is 513. The van der Waals surface area contributed by atoms with Crippen molar-refractivity contribution in [2.75, 3.05) is 13.1 Å². The van der Waals surface area contributed by atoms with E-state index in [2.05, 4.69) is 22.9 Å². The highest BCUT2D eigenvalue weighted by Gasteiger charge is 2.28. The number of piperidine rings is 1. The minimum absolute atomic E-state index is 0.361. The quantitative estimate of drug-likeness (QED) is 0.588. The SMILES string of the molecule is CC(Br)C1CCN(C(=O)c2ccc(F)c(F)c2F)CC1. The Kier molecular flexibility index (Phi) is 4.73. The van der Waals surface area contributed by atoms with Crippen LogP contribution in [0.4, 0.5) is 13.2 Å². The summed E-state index contributed by atoms with van der Waals surface area (Å²) in [5, 5.41) is 0. The molecule has 1 amide bonds. The summed E-state index contributed by atoms with van der Waals surface area (Å²) in [4.78, 5) is 14.0. The fourth-order valence-electron chi connectivity index (χ4n) is 2.42. The molecular weight excluding hydrogens is 335 g/mol. The molecule has 0 saturated carbocycles.